The number of allylic oxidation sites excluding steroid dienone is 4. The molecule has 0 bridgehead atoms. The Labute approximate surface area is 141 Å². The van der Waals surface area contributed by atoms with Gasteiger partial charge in [0.1, 0.15) is 0 Å². The summed E-state index contributed by atoms with van der Waals surface area (Å²) in [4.78, 5) is 24.3. The molecule has 4 aliphatic rings. The van der Waals surface area contributed by atoms with Gasteiger partial charge in [0.15, 0.2) is 17.7 Å². The lowest BCUT2D eigenvalue weighted by Crippen LogP contribution is -2.50. The smallest absolute Gasteiger partial charge is 0.220 e. The number of rotatable bonds is 0. The second kappa shape index (κ2) is 4.68. The minimum Gasteiger partial charge on any atom is -0.504 e. The van der Waals surface area contributed by atoms with Crippen LogP contribution in [0.1, 0.15) is 39.5 Å². The molecule has 6 atom stereocenters. The van der Waals surface area contributed by atoms with Crippen molar-refractivity contribution in [2.45, 2.75) is 45.7 Å². The first kappa shape index (κ1) is 15.8. The van der Waals surface area contributed by atoms with Crippen LogP contribution in [0.3, 0.4) is 0 Å². The number of Topliss-reactive ketones (excluding diaryl/α,β-unsaturated/α-hetero) is 1. The van der Waals surface area contributed by atoms with Gasteiger partial charge in [0.05, 0.1) is 0 Å². The van der Waals surface area contributed by atoms with Crippen molar-refractivity contribution < 1.29 is 19.1 Å². The minimum atomic E-state index is -1.35. The Hall–Kier alpha value is -1.71. The van der Waals surface area contributed by atoms with E-state index >= 15 is 0 Å². The molecule has 0 aromatic carbocycles. The largest absolute Gasteiger partial charge is 0.504 e. The zero-order valence-corrected chi connectivity index (χ0v) is 14.1. The van der Waals surface area contributed by atoms with Crippen molar-refractivity contribution in [3.63, 3.8) is 0 Å². The number of carbonyl (C=O) groups excluding carboxylic acids is 2. The second-order valence-electron chi connectivity index (χ2n) is 8.41. The molecule has 3 nitrogen and oxygen atoms in total. The van der Waals surface area contributed by atoms with Crippen LogP contribution in [0.15, 0.2) is 35.6 Å². The van der Waals surface area contributed by atoms with Gasteiger partial charge in [-0.05, 0) is 55.1 Å². The number of aliphatic hydroxyl groups is 1. The Morgan fingerprint density at radius 1 is 1.29 bits per heavy atom. The zero-order valence-electron chi connectivity index (χ0n) is 14.1. The summed E-state index contributed by atoms with van der Waals surface area (Å²) in [5.74, 6) is -0.423. The monoisotopic (exact) mass is 330 g/mol. The van der Waals surface area contributed by atoms with Gasteiger partial charge in [0, 0.05) is 16.4 Å². The first-order valence-electron chi connectivity index (χ1n) is 8.74. The van der Waals surface area contributed by atoms with Crippen LogP contribution in [0.25, 0.3) is 0 Å². The fraction of sp³-hybridized carbons (Fsp3) is 0.600. The molecule has 0 aromatic heterocycles. The van der Waals surface area contributed by atoms with E-state index in [-0.39, 0.29) is 35.1 Å². The first-order chi connectivity index (χ1) is 11.2. The van der Waals surface area contributed by atoms with Crippen LogP contribution in [0.4, 0.5) is 4.39 Å². The van der Waals surface area contributed by atoms with E-state index in [1.165, 1.54) is 6.08 Å². The fourth-order valence-electron chi connectivity index (χ4n) is 6.10. The van der Waals surface area contributed by atoms with Gasteiger partial charge < -0.3 is 5.11 Å². The van der Waals surface area contributed by atoms with Crippen molar-refractivity contribution in [3.8, 4) is 0 Å². The number of alkyl halides is 1. The zero-order chi connectivity index (χ0) is 17.4. The van der Waals surface area contributed by atoms with E-state index < -0.39 is 17.0 Å². The van der Waals surface area contributed by atoms with E-state index in [1.54, 1.807) is 0 Å². The lowest BCUT2D eigenvalue weighted by atomic mass is 9.47. The topological polar surface area (TPSA) is 54.4 Å². The molecule has 0 radical (unpaired) electrons. The lowest BCUT2D eigenvalue weighted by molar-refractivity contribution is -0.134. The third-order valence-corrected chi connectivity index (χ3v) is 7.33. The summed E-state index contributed by atoms with van der Waals surface area (Å²) in [6, 6.07) is 0. The Bertz CT molecular complexity index is 733. The van der Waals surface area contributed by atoms with Gasteiger partial charge in [-0.25, -0.2) is 4.39 Å². The van der Waals surface area contributed by atoms with Crippen LogP contribution < -0.4 is 0 Å². The molecular weight excluding hydrogens is 307 g/mol. The van der Waals surface area contributed by atoms with Gasteiger partial charge in [-0.15, -0.1) is 0 Å². The lowest BCUT2D eigenvalue weighted by Gasteiger charge is -2.55. The van der Waals surface area contributed by atoms with Crippen molar-refractivity contribution in [2.24, 2.45) is 28.6 Å². The summed E-state index contributed by atoms with van der Waals surface area (Å²) >= 11 is 0. The molecule has 0 unspecified atom stereocenters. The van der Waals surface area contributed by atoms with E-state index in [9.17, 15) is 19.1 Å². The summed E-state index contributed by atoms with van der Waals surface area (Å²) < 4.78 is 14.2. The molecule has 4 rings (SSSR count). The van der Waals surface area contributed by atoms with Gasteiger partial charge in [0.2, 0.25) is 5.78 Å². The third-order valence-electron chi connectivity index (χ3n) is 7.33. The Morgan fingerprint density at radius 3 is 2.71 bits per heavy atom. The van der Waals surface area contributed by atoms with Crippen molar-refractivity contribution in [1.82, 2.24) is 0 Å². The predicted octanol–water partition coefficient (Wildman–Crippen LogP) is 3.86. The highest BCUT2D eigenvalue weighted by Gasteiger charge is 2.62. The molecule has 1 N–H and O–H groups in total. The van der Waals surface area contributed by atoms with Crippen LogP contribution in [0, 0.1) is 28.6 Å². The number of ketones is 2. The number of carbonyl (C=O) groups is 2. The highest BCUT2D eigenvalue weighted by atomic mass is 19.1. The van der Waals surface area contributed by atoms with Gasteiger partial charge in [-0.3, -0.25) is 9.59 Å². The molecule has 3 saturated carbocycles. The fourth-order valence-corrected chi connectivity index (χ4v) is 6.10. The summed E-state index contributed by atoms with van der Waals surface area (Å²) in [5.41, 5.74) is 0.375. The summed E-state index contributed by atoms with van der Waals surface area (Å²) in [7, 11) is 0. The molecule has 4 aliphatic carbocycles. The Kier molecular flexibility index (Phi) is 3.08. The molecular formula is C20H23FO3. The van der Waals surface area contributed by atoms with Crippen LogP contribution in [-0.2, 0) is 9.59 Å². The number of halogens is 1. The van der Waals surface area contributed by atoms with E-state index in [4.69, 9.17) is 0 Å². The van der Waals surface area contributed by atoms with Gasteiger partial charge in [-0.2, -0.15) is 0 Å². The van der Waals surface area contributed by atoms with Crippen LogP contribution in [0.2, 0.25) is 0 Å². The van der Waals surface area contributed by atoms with Gasteiger partial charge in [0.25, 0.3) is 0 Å². The van der Waals surface area contributed by atoms with E-state index in [2.05, 4.69) is 6.58 Å². The van der Waals surface area contributed by atoms with Gasteiger partial charge in [-0.1, -0.05) is 26.5 Å². The molecule has 0 spiro atoms. The Morgan fingerprint density at radius 2 is 2.00 bits per heavy atom. The maximum Gasteiger partial charge on any atom is 0.220 e. The first-order valence-corrected chi connectivity index (χ1v) is 8.74. The van der Waals surface area contributed by atoms with Crippen molar-refractivity contribution in [3.05, 3.63) is 35.6 Å². The average Bonchev–Trinajstić information content (AvgIpc) is 2.75. The average molecular weight is 330 g/mol. The number of fused-ring (bicyclic) bond motifs is 5. The molecule has 0 heterocycles. The van der Waals surface area contributed by atoms with Crippen LogP contribution >= 0.6 is 0 Å². The molecule has 24 heavy (non-hydrogen) atoms. The Balaban J connectivity index is 1.80. The van der Waals surface area contributed by atoms with Crippen molar-refractivity contribution >= 4 is 11.6 Å². The number of aliphatic hydroxyl groups excluding tert-OH is 1. The van der Waals surface area contributed by atoms with E-state index in [1.807, 2.05) is 19.9 Å². The highest BCUT2D eigenvalue weighted by molar-refractivity contribution is 6.04. The van der Waals surface area contributed by atoms with Crippen LogP contribution in [0.5, 0.6) is 0 Å². The minimum absolute atomic E-state index is 0.0158. The van der Waals surface area contributed by atoms with Crippen molar-refractivity contribution in [1.29, 1.82) is 0 Å². The maximum atomic E-state index is 14.2. The van der Waals surface area contributed by atoms with Crippen molar-refractivity contribution in [2.75, 3.05) is 0 Å². The normalized spacial score (nSPS) is 47.5. The maximum absolute atomic E-state index is 14.2. The van der Waals surface area contributed by atoms with Crippen LogP contribution in [-0.4, -0.2) is 22.8 Å². The quantitative estimate of drug-likeness (QED) is 0.734. The molecule has 3 fully saturated rings. The number of hydrogen-bond acceptors (Lipinski definition) is 3. The summed E-state index contributed by atoms with van der Waals surface area (Å²) in [5, 5.41) is 10.3. The molecule has 0 amide bonds. The summed E-state index contributed by atoms with van der Waals surface area (Å²) in [6.07, 6.45) is 4.38. The highest BCUT2D eigenvalue weighted by Crippen LogP contribution is 2.65. The number of hydrogen-bond donors (Lipinski definition) is 1. The SMILES string of the molecule is C=C1C[C@@H]2[C@H](CC[C@]3(C)C(=O)[C@@H](F)C[C@@H]23)[C@@]2(C)C=CC(=O)C(O)=C12. The molecule has 0 saturated heterocycles. The predicted molar refractivity (Wildman–Crippen MR) is 88.0 cm³/mol. The van der Waals surface area contributed by atoms with E-state index in [0.717, 1.165) is 12.0 Å². The molecule has 128 valence electrons. The summed E-state index contributed by atoms with van der Waals surface area (Å²) in [6.45, 7) is 8.07. The van der Waals surface area contributed by atoms with Gasteiger partial charge >= 0.3 is 0 Å². The van der Waals surface area contributed by atoms with E-state index in [0.29, 0.717) is 24.8 Å². The second-order valence-corrected chi connectivity index (χ2v) is 8.41. The molecule has 0 aromatic rings. The third kappa shape index (κ3) is 1.72. The molecule has 4 heteroatoms. The molecule has 0 aliphatic heterocycles. The standard InChI is InChI=1S/C20H23FO3/c1-10-8-11-12(19(2)7-5-15(22)17(23)16(10)19)4-6-20(3)13(11)9-14(21)18(20)24/h5,7,11-14,23H,1,4,6,8-9H2,2-3H3/t11-,12+,13+,14+,19-,20+/m1/s1.